The third-order valence-corrected chi connectivity index (χ3v) is 11.4. The Kier molecular flexibility index (Phi) is 3.20. The van der Waals surface area contributed by atoms with Gasteiger partial charge in [0.1, 0.15) is 0 Å². The Morgan fingerprint density at radius 2 is 1.65 bits per heavy atom. The monoisotopic (exact) mass is 334 g/mol. The molecule has 1 spiro atoms. The highest BCUT2D eigenvalue weighted by atomic mass is 32.2. The maximum atomic E-state index is 10.6. The summed E-state index contributed by atoms with van der Waals surface area (Å²) in [4.78, 5) is 0. The first-order chi connectivity index (χ1) is 10.9. The molecule has 1 saturated heterocycles. The fourth-order valence-corrected chi connectivity index (χ4v) is 9.39. The molecule has 5 aliphatic rings. The smallest absolute Gasteiger partial charge is 0.0596 e. The Bertz CT molecular complexity index is 514. The van der Waals surface area contributed by atoms with Crippen LogP contribution in [0.15, 0.2) is 0 Å². The summed E-state index contributed by atoms with van der Waals surface area (Å²) in [7, 11) is 0. The lowest BCUT2D eigenvalue weighted by molar-refractivity contribution is -0.129. The molecule has 0 aromatic carbocycles. The summed E-state index contributed by atoms with van der Waals surface area (Å²) >= 11 is 2.27. The second-order valence-corrected chi connectivity index (χ2v) is 11.8. The van der Waals surface area contributed by atoms with Crippen molar-refractivity contribution < 1.29 is 5.11 Å². The Hall–Kier alpha value is 0.310. The van der Waals surface area contributed by atoms with Crippen molar-refractivity contribution in [2.45, 2.75) is 83.0 Å². The van der Waals surface area contributed by atoms with Gasteiger partial charge < -0.3 is 5.11 Å². The van der Waals surface area contributed by atoms with Gasteiger partial charge in [-0.05, 0) is 91.8 Å². The van der Waals surface area contributed by atoms with Crippen LogP contribution in [0.5, 0.6) is 0 Å². The summed E-state index contributed by atoms with van der Waals surface area (Å²) in [5.74, 6) is 6.05. The molecule has 1 aliphatic heterocycles. The standard InChI is InChI=1S/C21H34OS/c1-13-10-20(3)14(11-21(13)12-23-21)4-5-15-16-6-7-18(22)19(16,2)9-8-17(15)20/h13-18,22H,4-12H2,1-3H3/t13-,14+,15+,16+,17+,18+,19+,20+,21+/m1/s1. The van der Waals surface area contributed by atoms with Gasteiger partial charge >= 0.3 is 0 Å². The number of aliphatic hydroxyl groups is 1. The summed E-state index contributed by atoms with van der Waals surface area (Å²) < 4.78 is 0.698. The first kappa shape index (κ1) is 15.6. The summed E-state index contributed by atoms with van der Waals surface area (Å²) in [5, 5.41) is 10.6. The largest absolute Gasteiger partial charge is 0.393 e. The first-order valence-electron chi connectivity index (χ1n) is 10.2. The van der Waals surface area contributed by atoms with Crippen LogP contribution in [0, 0.1) is 40.4 Å². The van der Waals surface area contributed by atoms with Crippen LogP contribution in [0.25, 0.3) is 0 Å². The fraction of sp³-hybridized carbons (Fsp3) is 1.00. The van der Waals surface area contributed by atoms with Gasteiger partial charge in [0.25, 0.3) is 0 Å². The molecule has 4 saturated carbocycles. The van der Waals surface area contributed by atoms with Gasteiger partial charge in [0.2, 0.25) is 0 Å². The minimum atomic E-state index is -0.0182. The van der Waals surface area contributed by atoms with Crippen LogP contribution in [0.4, 0.5) is 0 Å². The summed E-state index contributed by atoms with van der Waals surface area (Å²) in [6.07, 6.45) is 11.0. The molecule has 0 aromatic heterocycles. The normalized spacial score (nSPS) is 64.2. The topological polar surface area (TPSA) is 20.2 Å². The van der Waals surface area contributed by atoms with E-state index in [-0.39, 0.29) is 11.5 Å². The number of fused-ring (bicyclic) bond motifs is 5. The van der Waals surface area contributed by atoms with Gasteiger partial charge in [-0.25, -0.2) is 0 Å². The maximum Gasteiger partial charge on any atom is 0.0596 e. The van der Waals surface area contributed by atoms with Gasteiger partial charge in [0.15, 0.2) is 0 Å². The highest BCUT2D eigenvalue weighted by Gasteiger charge is 2.64. The van der Waals surface area contributed by atoms with Gasteiger partial charge in [-0.2, -0.15) is 11.8 Å². The Balaban J connectivity index is 1.45. The molecule has 2 heteroatoms. The molecule has 0 radical (unpaired) electrons. The van der Waals surface area contributed by atoms with Crippen molar-refractivity contribution in [3.8, 4) is 0 Å². The number of hydrogen-bond acceptors (Lipinski definition) is 2. The first-order valence-corrected chi connectivity index (χ1v) is 11.2. The van der Waals surface area contributed by atoms with E-state index in [1.807, 2.05) is 0 Å². The molecule has 1 heterocycles. The summed E-state index contributed by atoms with van der Waals surface area (Å²) in [6.45, 7) is 7.65. The van der Waals surface area contributed by atoms with Gasteiger partial charge in [0.05, 0.1) is 6.10 Å². The molecule has 130 valence electrons. The van der Waals surface area contributed by atoms with Crippen LogP contribution >= 0.6 is 11.8 Å². The lowest BCUT2D eigenvalue weighted by atomic mass is 9.43. The summed E-state index contributed by atoms with van der Waals surface area (Å²) in [6, 6.07) is 0. The van der Waals surface area contributed by atoms with E-state index < -0.39 is 0 Å². The van der Waals surface area contributed by atoms with Gasteiger partial charge in [0, 0.05) is 10.5 Å². The van der Waals surface area contributed by atoms with Gasteiger partial charge in [-0.1, -0.05) is 20.8 Å². The average molecular weight is 335 g/mol. The zero-order valence-electron chi connectivity index (χ0n) is 15.2. The molecule has 0 bridgehead atoms. The summed E-state index contributed by atoms with van der Waals surface area (Å²) in [5.41, 5.74) is 0.851. The SMILES string of the molecule is C[C@@H]1C[C@@]2(C)[C@@H](CC[C@@H]3[C@@H]2CC[C@]2(C)[C@@H](O)CC[C@@H]32)C[C@]12CS2. The van der Waals surface area contributed by atoms with Crippen molar-refractivity contribution in [3.05, 3.63) is 0 Å². The predicted molar refractivity (Wildman–Crippen MR) is 97.5 cm³/mol. The Morgan fingerprint density at radius 3 is 2.39 bits per heavy atom. The number of hydrogen-bond donors (Lipinski definition) is 1. The van der Waals surface area contributed by atoms with E-state index in [2.05, 4.69) is 32.5 Å². The van der Waals surface area contributed by atoms with Crippen LogP contribution in [-0.4, -0.2) is 21.7 Å². The molecular formula is C21H34OS. The number of aliphatic hydroxyl groups excluding tert-OH is 1. The van der Waals surface area contributed by atoms with E-state index in [4.69, 9.17) is 0 Å². The zero-order chi connectivity index (χ0) is 16.0. The second kappa shape index (κ2) is 4.72. The van der Waals surface area contributed by atoms with Crippen LogP contribution in [-0.2, 0) is 0 Å². The lowest BCUT2D eigenvalue weighted by Gasteiger charge is -2.62. The molecule has 23 heavy (non-hydrogen) atoms. The Morgan fingerprint density at radius 1 is 0.913 bits per heavy atom. The molecule has 4 aliphatic carbocycles. The molecule has 0 aromatic rings. The average Bonchev–Trinajstić information content (AvgIpc) is 3.22. The molecule has 1 nitrogen and oxygen atoms in total. The molecule has 0 amide bonds. The third kappa shape index (κ3) is 1.92. The maximum absolute atomic E-state index is 10.6. The Labute approximate surface area is 146 Å². The predicted octanol–water partition coefficient (Wildman–Crippen LogP) is 5.12. The van der Waals surface area contributed by atoms with E-state index >= 15 is 0 Å². The minimum absolute atomic E-state index is 0.0182. The molecular weight excluding hydrogens is 300 g/mol. The highest BCUT2D eigenvalue weighted by Crippen LogP contribution is 2.71. The van der Waals surface area contributed by atoms with Crippen LogP contribution in [0.3, 0.4) is 0 Å². The van der Waals surface area contributed by atoms with Gasteiger partial charge in [-0.3, -0.25) is 0 Å². The number of rotatable bonds is 0. The molecule has 5 rings (SSSR count). The van der Waals surface area contributed by atoms with Gasteiger partial charge in [-0.15, -0.1) is 0 Å². The van der Waals surface area contributed by atoms with Crippen LogP contribution in [0.1, 0.15) is 72.1 Å². The zero-order valence-corrected chi connectivity index (χ0v) is 16.0. The van der Waals surface area contributed by atoms with E-state index in [9.17, 15) is 5.11 Å². The molecule has 9 atom stereocenters. The lowest BCUT2D eigenvalue weighted by Crippen LogP contribution is -2.56. The third-order valence-electron chi connectivity index (χ3n) is 9.77. The van der Waals surface area contributed by atoms with Crippen molar-refractivity contribution in [1.29, 1.82) is 0 Å². The van der Waals surface area contributed by atoms with Crippen LogP contribution in [0.2, 0.25) is 0 Å². The van der Waals surface area contributed by atoms with E-state index in [1.54, 1.807) is 0 Å². The quantitative estimate of drug-likeness (QED) is 0.620. The van der Waals surface area contributed by atoms with Crippen molar-refractivity contribution in [2.24, 2.45) is 40.4 Å². The second-order valence-electron chi connectivity index (χ2n) is 10.5. The molecule has 1 N–H and O–H groups in total. The van der Waals surface area contributed by atoms with Crippen molar-refractivity contribution in [1.82, 2.24) is 0 Å². The van der Waals surface area contributed by atoms with Crippen LogP contribution < -0.4 is 0 Å². The highest BCUT2D eigenvalue weighted by molar-refractivity contribution is 8.07. The van der Waals surface area contributed by atoms with E-state index in [0.29, 0.717) is 10.2 Å². The van der Waals surface area contributed by atoms with Crippen molar-refractivity contribution >= 4 is 11.8 Å². The fourth-order valence-electron chi connectivity index (χ4n) is 8.12. The number of thioether (sulfide) groups is 1. The molecule has 0 unspecified atom stereocenters. The van der Waals surface area contributed by atoms with E-state index in [0.717, 1.165) is 36.0 Å². The van der Waals surface area contributed by atoms with E-state index in [1.165, 1.54) is 50.7 Å². The van der Waals surface area contributed by atoms with Crippen molar-refractivity contribution in [2.75, 3.05) is 5.75 Å². The minimum Gasteiger partial charge on any atom is -0.393 e. The molecule has 5 fully saturated rings. The van der Waals surface area contributed by atoms with Crippen molar-refractivity contribution in [3.63, 3.8) is 0 Å².